The molecule has 0 bridgehead atoms. The van der Waals surface area contributed by atoms with Crippen molar-refractivity contribution >= 4 is 19.4 Å². The first-order valence-corrected chi connectivity index (χ1v) is 17.5. The molecule has 2 aliphatic heterocycles. The number of ether oxygens (including phenoxy) is 3. The summed E-state index contributed by atoms with van der Waals surface area (Å²) in [5.74, 6) is 0.641. The third kappa shape index (κ3) is 15.8. The lowest BCUT2D eigenvalue weighted by Gasteiger charge is -2.34. The number of hydrogen-bond acceptors (Lipinski definition) is 10. The van der Waals surface area contributed by atoms with E-state index in [9.17, 15) is 0 Å². The molecule has 2 fully saturated rings. The number of nitrogens with two attached hydrogens (primary N) is 2. The molecule has 1 aromatic carbocycles. The van der Waals surface area contributed by atoms with E-state index in [2.05, 4.69) is 97.9 Å². The summed E-state index contributed by atoms with van der Waals surface area (Å²) in [5.41, 5.74) is 13.3. The van der Waals surface area contributed by atoms with Gasteiger partial charge in [-0.1, -0.05) is 42.5 Å². The molecule has 274 valence electrons. The number of methoxy groups -OCH3 is 1. The molecule has 0 unspecified atom stereocenters. The summed E-state index contributed by atoms with van der Waals surface area (Å²) < 4.78 is 17.5. The third-order valence-corrected chi connectivity index (χ3v) is 8.62. The van der Waals surface area contributed by atoms with Crippen molar-refractivity contribution < 1.29 is 14.2 Å². The predicted octanol–water partition coefficient (Wildman–Crippen LogP) is 3.58. The van der Waals surface area contributed by atoms with E-state index in [1.54, 1.807) is 13.3 Å². The first kappa shape index (κ1) is 41.8. The van der Waals surface area contributed by atoms with Crippen molar-refractivity contribution in [3.05, 3.63) is 71.8 Å². The van der Waals surface area contributed by atoms with E-state index in [-0.39, 0.29) is 6.04 Å². The molecular formula is C37H63N9O3. The third-order valence-electron chi connectivity index (χ3n) is 8.62. The number of piperidine rings is 1. The highest BCUT2D eigenvalue weighted by atomic mass is 16.5. The molecule has 0 amide bonds. The van der Waals surface area contributed by atoms with Crippen LogP contribution in [0.4, 0.5) is 0 Å². The number of allylic oxidation sites excluding steroid dienone is 2. The van der Waals surface area contributed by atoms with Crippen LogP contribution in [0.1, 0.15) is 38.7 Å². The largest absolute Gasteiger partial charge is 0.403 e. The molecule has 12 heteroatoms. The van der Waals surface area contributed by atoms with Crippen molar-refractivity contribution in [2.24, 2.45) is 26.4 Å². The number of nitrogens with zero attached hydrogens (tertiary/aromatic N) is 7. The summed E-state index contributed by atoms with van der Waals surface area (Å²) in [5, 5.41) is 0. The highest BCUT2D eigenvalue weighted by molar-refractivity contribution is 5.84. The van der Waals surface area contributed by atoms with Crippen molar-refractivity contribution in [3.8, 4) is 0 Å². The van der Waals surface area contributed by atoms with Gasteiger partial charge in [-0.2, -0.15) is 0 Å². The number of rotatable bonds is 19. The number of benzene rings is 1. The first-order chi connectivity index (χ1) is 24.0. The van der Waals surface area contributed by atoms with Gasteiger partial charge in [0.25, 0.3) is 0 Å². The quantitative estimate of drug-likeness (QED) is 0.0975. The minimum atomic E-state index is 0.222. The van der Waals surface area contributed by atoms with Crippen molar-refractivity contribution in [3.63, 3.8) is 0 Å². The van der Waals surface area contributed by atoms with Crippen LogP contribution in [0.2, 0.25) is 0 Å². The van der Waals surface area contributed by atoms with E-state index in [0.717, 1.165) is 84.0 Å². The van der Waals surface area contributed by atoms with Crippen molar-refractivity contribution in [1.29, 1.82) is 0 Å². The molecule has 0 radical (unpaired) electrons. The van der Waals surface area contributed by atoms with Gasteiger partial charge >= 0.3 is 0 Å². The molecule has 2 saturated heterocycles. The van der Waals surface area contributed by atoms with Crippen LogP contribution in [0.25, 0.3) is 0 Å². The summed E-state index contributed by atoms with van der Waals surface area (Å²) >= 11 is 0. The van der Waals surface area contributed by atoms with Gasteiger partial charge in [0, 0.05) is 84.5 Å². The van der Waals surface area contributed by atoms with Crippen LogP contribution in [0.3, 0.4) is 0 Å². The second-order valence-corrected chi connectivity index (χ2v) is 12.1. The van der Waals surface area contributed by atoms with Crippen LogP contribution in [0.15, 0.2) is 81.3 Å². The number of aliphatic imine (C=N–C) groups is 3. The lowest BCUT2D eigenvalue weighted by Crippen LogP contribution is -2.48. The molecule has 2 aliphatic rings. The molecule has 12 nitrogen and oxygen atoms in total. The van der Waals surface area contributed by atoms with Gasteiger partial charge in [-0.25, -0.2) is 9.98 Å². The molecule has 0 aromatic heterocycles. The molecule has 49 heavy (non-hydrogen) atoms. The highest BCUT2D eigenvalue weighted by Gasteiger charge is 2.21. The van der Waals surface area contributed by atoms with Crippen LogP contribution < -0.4 is 11.5 Å². The maximum Gasteiger partial charge on any atom is 0.224 e. The highest BCUT2D eigenvalue weighted by Crippen LogP contribution is 2.20. The maximum absolute atomic E-state index is 6.11. The van der Waals surface area contributed by atoms with Crippen molar-refractivity contribution in [2.45, 2.75) is 51.9 Å². The fourth-order valence-corrected chi connectivity index (χ4v) is 5.77. The van der Waals surface area contributed by atoms with Gasteiger partial charge in [0.15, 0.2) is 0 Å². The van der Waals surface area contributed by atoms with Gasteiger partial charge in [-0.05, 0) is 59.2 Å². The Bertz CT molecular complexity index is 1160. The summed E-state index contributed by atoms with van der Waals surface area (Å²) in [6, 6.07) is 10.6. The molecule has 2 heterocycles. The Balaban J connectivity index is 0.00000409. The monoisotopic (exact) mass is 682 g/mol. The Morgan fingerprint density at radius 1 is 0.939 bits per heavy atom. The number of hydrogen-bond donors (Lipinski definition) is 2. The average Bonchev–Trinajstić information content (AvgIpc) is 3.14. The minimum absolute atomic E-state index is 0.222. The smallest absolute Gasteiger partial charge is 0.224 e. The summed E-state index contributed by atoms with van der Waals surface area (Å²) in [7, 11) is 3.27. The van der Waals surface area contributed by atoms with Gasteiger partial charge in [0.2, 0.25) is 5.96 Å². The van der Waals surface area contributed by atoms with Gasteiger partial charge in [-0.15, -0.1) is 0 Å². The van der Waals surface area contributed by atoms with Gasteiger partial charge in [0.05, 0.1) is 38.2 Å². The summed E-state index contributed by atoms with van der Waals surface area (Å²) in [6.45, 7) is 23.1. The van der Waals surface area contributed by atoms with E-state index in [1.165, 1.54) is 18.8 Å². The van der Waals surface area contributed by atoms with Crippen LogP contribution >= 0.6 is 0 Å². The Morgan fingerprint density at radius 3 is 2.12 bits per heavy atom. The molecule has 0 spiro atoms. The summed E-state index contributed by atoms with van der Waals surface area (Å²) in [6.07, 6.45) is 10.3. The van der Waals surface area contributed by atoms with Crippen LogP contribution in [-0.2, 0) is 20.8 Å². The molecule has 3 rings (SSSR count). The SMILES string of the molecule is C=NC(=N/C=C\C/C=C(\C(=C/N)N=C)N(CCOCCN1CCN(CCOCc2ccccc2)CC1)C(C)C)N1CCC(OC)CC1.CN. The Morgan fingerprint density at radius 2 is 1.57 bits per heavy atom. The molecule has 4 N–H and O–H groups in total. The fraction of sp³-hybridized carbons (Fsp3) is 0.595. The van der Waals surface area contributed by atoms with E-state index >= 15 is 0 Å². The standard InChI is InChI=1S/C36H58N8O3.CH5N/c1-31(2)44(25-28-46-26-23-41-19-21-42(22-20-41)24-27-47-30-32-11-7-6-8-12-32)35(34(29-37)38-3)13-9-10-16-40-36(39-4)43-17-14-33(45-5)15-18-43;1-2/h6-8,10-13,16,29,31,33H,3-4,9,14-15,17-28,30,37H2,1-2,5H3;2H2,1H3/b16-10-,34-29+,35-13+,40-36?;. The van der Waals surface area contributed by atoms with E-state index in [4.69, 9.17) is 19.9 Å². The van der Waals surface area contributed by atoms with Crippen molar-refractivity contribution in [1.82, 2.24) is 19.6 Å². The molecule has 1 aromatic rings. The topological polar surface area (TPSA) is 130 Å². The zero-order valence-electron chi connectivity index (χ0n) is 30.6. The average molecular weight is 682 g/mol. The molecule has 0 aliphatic carbocycles. The Labute approximate surface area is 295 Å². The Hall–Kier alpha value is -3.39. The van der Waals surface area contributed by atoms with Gasteiger partial charge in [0.1, 0.15) is 5.70 Å². The molecule has 0 saturated carbocycles. The summed E-state index contributed by atoms with van der Waals surface area (Å²) in [4.78, 5) is 22.3. The minimum Gasteiger partial charge on any atom is -0.403 e. The number of piperazine rings is 1. The maximum atomic E-state index is 6.11. The lowest BCUT2D eigenvalue weighted by molar-refractivity contribution is 0.0489. The fourth-order valence-electron chi connectivity index (χ4n) is 5.77. The zero-order chi connectivity index (χ0) is 35.7. The second-order valence-electron chi connectivity index (χ2n) is 12.1. The molecular weight excluding hydrogens is 618 g/mol. The predicted molar refractivity (Wildman–Crippen MR) is 204 cm³/mol. The van der Waals surface area contributed by atoms with Gasteiger partial charge < -0.3 is 35.5 Å². The number of guanidine groups is 1. The first-order valence-electron chi connectivity index (χ1n) is 17.5. The van der Waals surface area contributed by atoms with Crippen LogP contribution in [-0.4, -0.2) is 144 Å². The van der Waals surface area contributed by atoms with Crippen molar-refractivity contribution in [2.75, 3.05) is 92.9 Å². The second kappa shape index (κ2) is 25.6. The van der Waals surface area contributed by atoms with Crippen LogP contribution in [0, 0.1) is 0 Å². The molecule has 0 atom stereocenters. The Kier molecular flexibility index (Phi) is 21.8. The van der Waals surface area contributed by atoms with Gasteiger partial charge in [-0.3, -0.25) is 14.8 Å². The van der Waals surface area contributed by atoms with E-state index < -0.39 is 0 Å². The number of likely N-dealkylation sites (tertiary alicyclic amines) is 1. The lowest BCUT2D eigenvalue weighted by atomic mass is 10.1. The van der Waals surface area contributed by atoms with E-state index in [1.807, 2.05) is 12.1 Å². The normalized spacial score (nSPS) is 17.3. The zero-order valence-corrected chi connectivity index (χ0v) is 30.6. The van der Waals surface area contributed by atoms with Crippen LogP contribution in [0.5, 0.6) is 0 Å². The van der Waals surface area contributed by atoms with E-state index in [0.29, 0.717) is 44.0 Å².